The molecule has 0 bridgehead atoms. The largest absolute Gasteiger partial charge is 0.335 e. The van der Waals surface area contributed by atoms with Crippen LogP contribution in [-0.2, 0) is 0 Å². The molecule has 4 heteroatoms. The second-order valence-corrected chi connectivity index (χ2v) is 4.21. The number of nitrogens with one attached hydrogen (secondary N) is 2. The third-order valence-corrected chi connectivity index (χ3v) is 2.73. The molecule has 0 saturated heterocycles. The van der Waals surface area contributed by atoms with Crippen LogP contribution in [0.15, 0.2) is 28.7 Å². The lowest BCUT2D eigenvalue weighted by Gasteiger charge is -2.07. The Kier molecular flexibility index (Phi) is 2.72. The summed E-state index contributed by atoms with van der Waals surface area (Å²) in [6.45, 7) is 0. The molecule has 0 unspecified atom stereocenters. The van der Waals surface area contributed by atoms with Gasteiger partial charge in [0.2, 0.25) is 0 Å². The van der Waals surface area contributed by atoms with Crippen molar-refractivity contribution < 1.29 is 4.79 Å². The van der Waals surface area contributed by atoms with Gasteiger partial charge in [0.25, 0.3) is 0 Å². The number of benzene rings is 1. The first-order chi connectivity index (χ1) is 6.75. The summed E-state index contributed by atoms with van der Waals surface area (Å²) in [6.07, 6.45) is 2.20. The van der Waals surface area contributed by atoms with Crippen LogP contribution in [0.3, 0.4) is 0 Å². The number of urea groups is 1. The van der Waals surface area contributed by atoms with Gasteiger partial charge in [-0.1, -0.05) is 12.1 Å². The molecule has 0 aromatic heterocycles. The smallest absolute Gasteiger partial charge is 0.319 e. The number of amides is 2. The second kappa shape index (κ2) is 4.00. The van der Waals surface area contributed by atoms with E-state index in [0.29, 0.717) is 6.04 Å². The average molecular weight is 255 g/mol. The van der Waals surface area contributed by atoms with E-state index in [1.54, 1.807) is 0 Å². The normalized spacial score (nSPS) is 14.9. The average Bonchev–Trinajstić information content (AvgIpc) is 2.93. The van der Waals surface area contributed by atoms with Gasteiger partial charge in [-0.15, -0.1) is 0 Å². The van der Waals surface area contributed by atoms with Gasteiger partial charge < -0.3 is 10.6 Å². The van der Waals surface area contributed by atoms with Crippen molar-refractivity contribution in [1.82, 2.24) is 5.32 Å². The van der Waals surface area contributed by atoms with Crippen molar-refractivity contribution in [2.24, 2.45) is 0 Å². The number of para-hydroxylation sites is 1. The quantitative estimate of drug-likeness (QED) is 0.838. The Morgan fingerprint density at radius 3 is 2.71 bits per heavy atom. The van der Waals surface area contributed by atoms with Gasteiger partial charge in [-0.25, -0.2) is 4.79 Å². The molecule has 74 valence electrons. The van der Waals surface area contributed by atoms with Crippen molar-refractivity contribution in [2.75, 3.05) is 5.32 Å². The summed E-state index contributed by atoms with van der Waals surface area (Å²) in [5.41, 5.74) is 0.797. The number of anilines is 1. The first kappa shape index (κ1) is 9.52. The maximum atomic E-state index is 11.4. The van der Waals surface area contributed by atoms with E-state index in [9.17, 15) is 4.79 Å². The maximum absolute atomic E-state index is 11.4. The fraction of sp³-hybridized carbons (Fsp3) is 0.300. The highest BCUT2D eigenvalue weighted by Gasteiger charge is 2.23. The minimum atomic E-state index is -0.126. The Balaban J connectivity index is 1.95. The second-order valence-electron chi connectivity index (χ2n) is 3.35. The zero-order valence-corrected chi connectivity index (χ0v) is 9.17. The lowest BCUT2D eigenvalue weighted by molar-refractivity contribution is 0.251. The van der Waals surface area contributed by atoms with Gasteiger partial charge in [0, 0.05) is 10.5 Å². The van der Waals surface area contributed by atoms with E-state index in [1.165, 1.54) is 0 Å². The predicted molar refractivity (Wildman–Crippen MR) is 59.3 cm³/mol. The number of hydrogen-bond acceptors (Lipinski definition) is 1. The van der Waals surface area contributed by atoms with Crippen molar-refractivity contribution >= 4 is 27.6 Å². The van der Waals surface area contributed by atoms with Crippen LogP contribution in [0.25, 0.3) is 0 Å². The molecule has 1 fully saturated rings. The molecule has 0 spiro atoms. The van der Waals surface area contributed by atoms with Crippen LogP contribution in [0.4, 0.5) is 10.5 Å². The summed E-state index contributed by atoms with van der Waals surface area (Å²) in [5.74, 6) is 0. The summed E-state index contributed by atoms with van der Waals surface area (Å²) < 4.78 is 0.894. The maximum Gasteiger partial charge on any atom is 0.319 e. The van der Waals surface area contributed by atoms with Crippen LogP contribution in [0.1, 0.15) is 12.8 Å². The lowest BCUT2D eigenvalue weighted by atomic mass is 10.3. The Hall–Kier alpha value is -1.03. The van der Waals surface area contributed by atoms with Crippen molar-refractivity contribution in [3.63, 3.8) is 0 Å². The summed E-state index contributed by atoms with van der Waals surface area (Å²) in [5, 5.41) is 5.64. The van der Waals surface area contributed by atoms with Crippen molar-refractivity contribution in [3.05, 3.63) is 28.7 Å². The third kappa shape index (κ3) is 2.48. The Bertz CT molecular complexity index is 350. The van der Waals surface area contributed by atoms with Crippen molar-refractivity contribution in [1.29, 1.82) is 0 Å². The Morgan fingerprint density at radius 2 is 2.07 bits per heavy atom. The summed E-state index contributed by atoms with van der Waals surface area (Å²) in [7, 11) is 0. The highest BCUT2D eigenvalue weighted by molar-refractivity contribution is 9.10. The summed E-state index contributed by atoms with van der Waals surface area (Å²) in [4.78, 5) is 11.4. The van der Waals surface area contributed by atoms with Crippen LogP contribution in [0.5, 0.6) is 0 Å². The molecule has 0 heterocycles. The lowest BCUT2D eigenvalue weighted by Crippen LogP contribution is -2.30. The molecule has 0 radical (unpaired) electrons. The summed E-state index contributed by atoms with van der Waals surface area (Å²) >= 11 is 3.36. The summed E-state index contributed by atoms with van der Waals surface area (Å²) in [6, 6.07) is 7.81. The van der Waals surface area contributed by atoms with Gasteiger partial charge in [0.1, 0.15) is 0 Å². The monoisotopic (exact) mass is 254 g/mol. The van der Waals surface area contributed by atoms with Crippen LogP contribution >= 0.6 is 15.9 Å². The van der Waals surface area contributed by atoms with E-state index in [-0.39, 0.29) is 6.03 Å². The molecule has 2 amide bonds. The number of rotatable bonds is 2. The first-order valence-corrected chi connectivity index (χ1v) is 5.37. The molecule has 1 aliphatic rings. The van der Waals surface area contributed by atoms with Gasteiger partial charge in [-0.2, -0.15) is 0 Å². The molecule has 0 aliphatic heterocycles. The molecular formula is C10H11BrN2O. The molecule has 14 heavy (non-hydrogen) atoms. The Labute approximate surface area is 91.0 Å². The third-order valence-electron chi connectivity index (χ3n) is 2.03. The van der Waals surface area contributed by atoms with E-state index in [0.717, 1.165) is 23.0 Å². The molecule has 1 aromatic rings. The standard InChI is InChI=1S/C10H11BrN2O/c11-8-3-1-2-4-9(8)13-10(14)12-7-5-6-7/h1-4,7H,5-6H2,(H2,12,13,14). The zero-order valence-electron chi connectivity index (χ0n) is 7.59. The molecule has 1 aliphatic carbocycles. The fourth-order valence-corrected chi connectivity index (χ4v) is 1.52. The zero-order chi connectivity index (χ0) is 9.97. The molecule has 2 N–H and O–H groups in total. The van der Waals surface area contributed by atoms with E-state index in [1.807, 2.05) is 24.3 Å². The van der Waals surface area contributed by atoms with Crippen molar-refractivity contribution in [2.45, 2.75) is 18.9 Å². The van der Waals surface area contributed by atoms with Gasteiger partial charge >= 0.3 is 6.03 Å². The first-order valence-electron chi connectivity index (χ1n) is 4.58. The van der Waals surface area contributed by atoms with Crippen LogP contribution < -0.4 is 10.6 Å². The highest BCUT2D eigenvalue weighted by Crippen LogP contribution is 2.22. The van der Waals surface area contributed by atoms with Gasteiger partial charge in [0.05, 0.1) is 5.69 Å². The minimum absolute atomic E-state index is 0.126. The predicted octanol–water partition coefficient (Wildman–Crippen LogP) is 2.73. The number of halogens is 1. The molecule has 1 saturated carbocycles. The molecule has 0 atom stereocenters. The van der Waals surface area contributed by atoms with Gasteiger partial charge in [-0.05, 0) is 40.9 Å². The van der Waals surface area contributed by atoms with E-state index >= 15 is 0 Å². The minimum Gasteiger partial charge on any atom is -0.335 e. The topological polar surface area (TPSA) is 41.1 Å². The van der Waals surface area contributed by atoms with Crippen LogP contribution in [0, 0.1) is 0 Å². The fourth-order valence-electron chi connectivity index (χ4n) is 1.13. The van der Waals surface area contributed by atoms with Gasteiger partial charge in [0.15, 0.2) is 0 Å². The molecule has 2 rings (SSSR count). The SMILES string of the molecule is O=C(Nc1ccccc1Br)NC1CC1. The van der Waals surface area contributed by atoms with Crippen LogP contribution in [0.2, 0.25) is 0 Å². The number of carbonyl (C=O) groups excluding carboxylic acids is 1. The van der Waals surface area contributed by atoms with Crippen molar-refractivity contribution in [3.8, 4) is 0 Å². The molecule has 3 nitrogen and oxygen atoms in total. The molecular weight excluding hydrogens is 244 g/mol. The van der Waals surface area contributed by atoms with E-state index in [2.05, 4.69) is 26.6 Å². The van der Waals surface area contributed by atoms with E-state index in [4.69, 9.17) is 0 Å². The van der Waals surface area contributed by atoms with E-state index < -0.39 is 0 Å². The number of hydrogen-bond donors (Lipinski definition) is 2. The number of carbonyl (C=O) groups is 1. The van der Waals surface area contributed by atoms with Crippen LogP contribution in [-0.4, -0.2) is 12.1 Å². The molecule has 1 aromatic carbocycles. The Morgan fingerprint density at radius 1 is 1.36 bits per heavy atom. The van der Waals surface area contributed by atoms with Gasteiger partial charge in [-0.3, -0.25) is 0 Å². The highest BCUT2D eigenvalue weighted by atomic mass is 79.9.